The second kappa shape index (κ2) is 6.03. The van der Waals surface area contributed by atoms with Crippen LogP contribution in [-0.4, -0.2) is 41.7 Å². The first-order valence-corrected chi connectivity index (χ1v) is 7.37. The Morgan fingerprint density at radius 1 is 1.10 bits per heavy atom. The molecule has 0 bridgehead atoms. The minimum atomic E-state index is -0.434. The van der Waals surface area contributed by atoms with Gasteiger partial charge in [0.2, 0.25) is 0 Å². The molecule has 0 saturated carbocycles. The Morgan fingerprint density at radius 3 is 2.67 bits per heavy atom. The van der Waals surface area contributed by atoms with E-state index in [0.717, 1.165) is 35.6 Å². The van der Waals surface area contributed by atoms with Crippen LogP contribution in [0.3, 0.4) is 0 Å². The molecule has 1 aromatic rings. The highest BCUT2D eigenvalue weighted by Crippen LogP contribution is 2.20. The second-order valence-electron chi connectivity index (χ2n) is 5.34. The fourth-order valence-corrected chi connectivity index (χ4v) is 2.68. The molecular weight excluding hydrogens is 270 g/mol. The van der Waals surface area contributed by atoms with Gasteiger partial charge in [-0.05, 0) is 37.3 Å². The zero-order chi connectivity index (χ0) is 14.7. The Morgan fingerprint density at radius 2 is 1.86 bits per heavy atom. The number of hydrogen-bond donors (Lipinski definition) is 1. The van der Waals surface area contributed by atoms with Crippen molar-refractivity contribution < 1.29 is 14.4 Å². The highest BCUT2D eigenvalue weighted by atomic mass is 16.7. The maximum atomic E-state index is 12.1. The van der Waals surface area contributed by atoms with Crippen molar-refractivity contribution in [3.8, 4) is 0 Å². The van der Waals surface area contributed by atoms with Crippen molar-refractivity contribution in [2.75, 3.05) is 25.0 Å². The number of rotatable bonds is 1. The van der Waals surface area contributed by atoms with Crippen LogP contribution in [0.15, 0.2) is 24.3 Å². The Hall–Kier alpha value is -2.24. The van der Waals surface area contributed by atoms with Gasteiger partial charge in [-0.1, -0.05) is 18.2 Å². The van der Waals surface area contributed by atoms with Gasteiger partial charge in [0.25, 0.3) is 0 Å². The summed E-state index contributed by atoms with van der Waals surface area (Å²) in [4.78, 5) is 31.1. The summed E-state index contributed by atoms with van der Waals surface area (Å²) in [6, 6.07) is 7.22. The van der Waals surface area contributed by atoms with Crippen LogP contribution >= 0.6 is 0 Å². The van der Waals surface area contributed by atoms with E-state index in [2.05, 4.69) is 5.32 Å². The van der Waals surface area contributed by atoms with E-state index in [1.54, 1.807) is 4.90 Å². The minimum Gasteiger partial charge on any atom is -0.317 e. The van der Waals surface area contributed by atoms with Crippen LogP contribution in [0, 0.1) is 0 Å². The number of nitrogens with zero attached hydrogens (tertiary/aromatic N) is 2. The van der Waals surface area contributed by atoms with E-state index in [-0.39, 0.29) is 0 Å². The molecule has 0 spiro atoms. The van der Waals surface area contributed by atoms with Crippen molar-refractivity contribution in [3.63, 3.8) is 0 Å². The smallest absolute Gasteiger partial charge is 0.317 e. The summed E-state index contributed by atoms with van der Waals surface area (Å²) in [6.45, 7) is 1.77. The number of likely N-dealkylation sites (tertiary alicyclic amines) is 1. The number of nitrogens with one attached hydrogen (secondary N) is 1. The van der Waals surface area contributed by atoms with Gasteiger partial charge >= 0.3 is 12.1 Å². The number of piperidine rings is 1. The molecule has 1 fully saturated rings. The van der Waals surface area contributed by atoms with Gasteiger partial charge in [-0.15, -0.1) is 0 Å². The normalized spacial score (nSPS) is 18.6. The van der Waals surface area contributed by atoms with Crippen LogP contribution in [0.25, 0.3) is 0 Å². The number of hydrogen-bond acceptors (Lipinski definition) is 3. The van der Waals surface area contributed by atoms with Gasteiger partial charge in [0, 0.05) is 18.8 Å². The molecule has 1 aromatic carbocycles. The molecule has 0 aromatic heterocycles. The number of urea groups is 1. The highest BCUT2D eigenvalue weighted by Gasteiger charge is 2.26. The third-order valence-electron chi connectivity index (χ3n) is 3.87. The quantitative estimate of drug-likeness (QED) is 0.864. The predicted molar refractivity (Wildman–Crippen MR) is 77.8 cm³/mol. The van der Waals surface area contributed by atoms with E-state index >= 15 is 0 Å². The van der Waals surface area contributed by atoms with Gasteiger partial charge in [-0.25, -0.2) is 9.59 Å². The first kappa shape index (κ1) is 13.7. The third kappa shape index (κ3) is 3.09. The molecule has 1 saturated heterocycles. The van der Waals surface area contributed by atoms with Crippen molar-refractivity contribution in [1.29, 1.82) is 0 Å². The Balaban J connectivity index is 1.64. The number of benzene rings is 1. The van der Waals surface area contributed by atoms with Crippen LogP contribution in [0.1, 0.15) is 24.8 Å². The van der Waals surface area contributed by atoms with Crippen molar-refractivity contribution in [2.24, 2.45) is 0 Å². The van der Waals surface area contributed by atoms with Gasteiger partial charge in [0.1, 0.15) is 0 Å². The number of amides is 3. The van der Waals surface area contributed by atoms with Crippen molar-refractivity contribution >= 4 is 17.8 Å². The lowest BCUT2D eigenvalue weighted by Crippen LogP contribution is -2.43. The van der Waals surface area contributed by atoms with E-state index in [1.807, 2.05) is 24.3 Å². The van der Waals surface area contributed by atoms with Gasteiger partial charge in [-0.2, -0.15) is 5.06 Å². The van der Waals surface area contributed by atoms with E-state index in [9.17, 15) is 9.59 Å². The van der Waals surface area contributed by atoms with E-state index in [0.29, 0.717) is 26.1 Å². The summed E-state index contributed by atoms with van der Waals surface area (Å²) in [5, 5.41) is 3.89. The lowest BCUT2D eigenvalue weighted by molar-refractivity contribution is -0.0690. The Bertz CT molecular complexity index is 541. The zero-order valence-corrected chi connectivity index (χ0v) is 11.9. The van der Waals surface area contributed by atoms with E-state index in [1.165, 1.54) is 0 Å². The van der Waals surface area contributed by atoms with Gasteiger partial charge in [0.15, 0.2) is 0 Å². The summed E-state index contributed by atoms with van der Waals surface area (Å²) in [7, 11) is 0. The van der Waals surface area contributed by atoms with Gasteiger partial charge in [0.05, 0.1) is 6.54 Å². The largest absolute Gasteiger partial charge is 0.434 e. The summed E-state index contributed by atoms with van der Waals surface area (Å²) in [5.74, 6) is 0. The van der Waals surface area contributed by atoms with Crippen molar-refractivity contribution in [2.45, 2.75) is 25.7 Å². The average Bonchev–Trinajstić information content (AvgIpc) is 2.67. The summed E-state index contributed by atoms with van der Waals surface area (Å²) in [6.07, 6.45) is 3.35. The molecule has 3 rings (SSSR count). The number of carbonyl (C=O) groups is 2. The van der Waals surface area contributed by atoms with Crippen molar-refractivity contribution in [1.82, 2.24) is 9.96 Å². The molecule has 0 unspecified atom stereocenters. The fraction of sp³-hybridized carbons (Fsp3) is 0.467. The van der Waals surface area contributed by atoms with E-state index < -0.39 is 12.1 Å². The number of para-hydroxylation sites is 1. The SMILES string of the molecule is O=C(ON1CCc2ccccc2NC1=O)N1CCCCC1. The number of anilines is 1. The zero-order valence-electron chi connectivity index (χ0n) is 11.9. The Kier molecular flexibility index (Phi) is 3.94. The lowest BCUT2D eigenvalue weighted by atomic mass is 10.1. The highest BCUT2D eigenvalue weighted by molar-refractivity contribution is 5.91. The molecule has 0 aliphatic carbocycles. The van der Waals surface area contributed by atoms with Crippen LogP contribution in [0.4, 0.5) is 15.3 Å². The monoisotopic (exact) mass is 289 g/mol. The molecule has 0 atom stereocenters. The fourth-order valence-electron chi connectivity index (χ4n) is 2.68. The summed E-state index contributed by atoms with van der Waals surface area (Å²) >= 11 is 0. The lowest BCUT2D eigenvalue weighted by Gasteiger charge is -2.28. The van der Waals surface area contributed by atoms with Crippen molar-refractivity contribution in [3.05, 3.63) is 29.8 Å². The maximum absolute atomic E-state index is 12.1. The number of hydroxylamine groups is 2. The first-order chi connectivity index (χ1) is 10.2. The molecular formula is C15H19N3O3. The maximum Gasteiger partial charge on any atom is 0.434 e. The third-order valence-corrected chi connectivity index (χ3v) is 3.87. The molecule has 0 radical (unpaired) electrons. The van der Waals surface area contributed by atoms with Gasteiger partial charge in [-0.3, -0.25) is 0 Å². The van der Waals surface area contributed by atoms with E-state index in [4.69, 9.17) is 4.84 Å². The summed E-state index contributed by atoms with van der Waals surface area (Å²) in [5.41, 5.74) is 1.82. The predicted octanol–water partition coefficient (Wildman–Crippen LogP) is 2.61. The second-order valence-corrected chi connectivity index (χ2v) is 5.34. The van der Waals surface area contributed by atoms with Crippen LogP contribution < -0.4 is 5.32 Å². The molecule has 3 amide bonds. The summed E-state index contributed by atoms with van der Waals surface area (Å²) < 4.78 is 0. The topological polar surface area (TPSA) is 61.9 Å². The number of carbonyl (C=O) groups excluding carboxylic acids is 2. The van der Waals surface area contributed by atoms with Crippen LogP contribution in [0.2, 0.25) is 0 Å². The first-order valence-electron chi connectivity index (χ1n) is 7.37. The molecule has 2 aliphatic rings. The standard InChI is InChI=1S/C15H19N3O3/c19-14-16-13-7-3-2-6-12(13)8-11-18(14)21-15(20)17-9-4-1-5-10-17/h2-3,6-7H,1,4-5,8-11H2,(H,16,19). The minimum absolute atomic E-state index is 0.364. The van der Waals surface area contributed by atoms with Crippen LogP contribution in [-0.2, 0) is 11.3 Å². The molecule has 2 heterocycles. The number of fused-ring (bicyclic) bond motifs is 1. The molecule has 6 nitrogen and oxygen atoms in total. The molecule has 2 aliphatic heterocycles. The van der Waals surface area contributed by atoms with Crippen LogP contribution in [0.5, 0.6) is 0 Å². The molecule has 112 valence electrons. The molecule has 6 heteroatoms. The molecule has 1 N–H and O–H groups in total. The molecule has 21 heavy (non-hydrogen) atoms. The average molecular weight is 289 g/mol. The van der Waals surface area contributed by atoms with Gasteiger partial charge < -0.3 is 15.1 Å². The Labute approximate surface area is 123 Å².